The van der Waals surface area contributed by atoms with Crippen LogP contribution < -0.4 is 5.73 Å². The standard InChI is InChI=1S/C7H8N4/c1-5-4-9-11-3-2-6(8)10-7(5)11/h2-4H,1H3,(H2,8,10). The fourth-order valence-corrected chi connectivity index (χ4v) is 0.997. The predicted molar refractivity (Wildman–Crippen MR) is 42.1 cm³/mol. The molecule has 0 saturated heterocycles. The van der Waals surface area contributed by atoms with Crippen LogP contribution in [0.4, 0.5) is 5.82 Å². The van der Waals surface area contributed by atoms with Crippen LogP contribution in [0.1, 0.15) is 5.56 Å². The molecule has 2 aromatic heterocycles. The smallest absolute Gasteiger partial charge is 0.160 e. The van der Waals surface area contributed by atoms with Crippen molar-refractivity contribution in [2.45, 2.75) is 6.92 Å². The topological polar surface area (TPSA) is 56.2 Å². The lowest BCUT2D eigenvalue weighted by Gasteiger charge is -1.93. The van der Waals surface area contributed by atoms with E-state index in [1.165, 1.54) is 0 Å². The van der Waals surface area contributed by atoms with Gasteiger partial charge in [0.2, 0.25) is 0 Å². The molecule has 0 spiro atoms. The lowest BCUT2D eigenvalue weighted by Crippen LogP contribution is -1.94. The number of nitrogen functional groups attached to an aromatic ring is 1. The maximum Gasteiger partial charge on any atom is 0.160 e. The van der Waals surface area contributed by atoms with Crippen LogP contribution in [0, 0.1) is 6.92 Å². The fraction of sp³-hybridized carbons (Fsp3) is 0.143. The number of rotatable bonds is 0. The van der Waals surface area contributed by atoms with Crippen LogP contribution in [0.5, 0.6) is 0 Å². The van der Waals surface area contributed by atoms with Gasteiger partial charge in [0.05, 0.1) is 6.20 Å². The number of aryl methyl sites for hydroxylation is 1. The van der Waals surface area contributed by atoms with Crippen LogP contribution in [0.3, 0.4) is 0 Å². The molecule has 2 rings (SSSR count). The van der Waals surface area contributed by atoms with Crippen molar-refractivity contribution in [3.8, 4) is 0 Å². The Kier molecular flexibility index (Phi) is 1.09. The molecule has 2 heterocycles. The molecule has 0 aromatic carbocycles. The van der Waals surface area contributed by atoms with Gasteiger partial charge in [-0.3, -0.25) is 0 Å². The number of nitrogens with zero attached hydrogens (tertiary/aromatic N) is 3. The number of hydrogen-bond acceptors (Lipinski definition) is 3. The Morgan fingerprint density at radius 3 is 3.18 bits per heavy atom. The molecule has 0 unspecified atom stereocenters. The van der Waals surface area contributed by atoms with Gasteiger partial charge >= 0.3 is 0 Å². The summed E-state index contributed by atoms with van der Waals surface area (Å²) in [6.45, 7) is 1.95. The summed E-state index contributed by atoms with van der Waals surface area (Å²) in [6.07, 6.45) is 3.56. The van der Waals surface area contributed by atoms with Crippen molar-refractivity contribution in [2.75, 3.05) is 5.73 Å². The maximum absolute atomic E-state index is 5.50. The highest BCUT2D eigenvalue weighted by atomic mass is 15.2. The lowest BCUT2D eigenvalue weighted by atomic mass is 10.4. The van der Waals surface area contributed by atoms with Gasteiger partial charge < -0.3 is 5.73 Å². The second kappa shape index (κ2) is 1.95. The van der Waals surface area contributed by atoms with E-state index in [4.69, 9.17) is 5.73 Å². The van der Waals surface area contributed by atoms with E-state index < -0.39 is 0 Å². The fourth-order valence-electron chi connectivity index (χ4n) is 0.997. The minimum atomic E-state index is 0.529. The highest BCUT2D eigenvalue weighted by Crippen LogP contribution is 2.06. The van der Waals surface area contributed by atoms with E-state index in [-0.39, 0.29) is 0 Å². The summed E-state index contributed by atoms with van der Waals surface area (Å²) in [4.78, 5) is 4.11. The van der Waals surface area contributed by atoms with Crippen LogP contribution in [-0.4, -0.2) is 14.6 Å². The molecule has 0 aliphatic heterocycles. The summed E-state index contributed by atoms with van der Waals surface area (Å²) < 4.78 is 1.70. The molecule has 0 amide bonds. The van der Waals surface area contributed by atoms with E-state index in [1.807, 2.05) is 6.92 Å². The van der Waals surface area contributed by atoms with Gasteiger partial charge in [-0.2, -0.15) is 5.10 Å². The van der Waals surface area contributed by atoms with Gasteiger partial charge in [0.1, 0.15) is 5.82 Å². The van der Waals surface area contributed by atoms with Crippen molar-refractivity contribution >= 4 is 11.5 Å². The quantitative estimate of drug-likeness (QED) is 0.595. The van der Waals surface area contributed by atoms with Gasteiger partial charge in [-0.05, 0) is 13.0 Å². The monoisotopic (exact) mass is 148 g/mol. The average molecular weight is 148 g/mol. The number of anilines is 1. The lowest BCUT2D eigenvalue weighted by molar-refractivity contribution is 0.942. The van der Waals surface area contributed by atoms with Gasteiger partial charge in [0, 0.05) is 11.8 Å². The van der Waals surface area contributed by atoms with Gasteiger partial charge in [-0.25, -0.2) is 9.50 Å². The number of nitrogens with two attached hydrogens (primary N) is 1. The first-order chi connectivity index (χ1) is 5.27. The number of aromatic nitrogens is 3. The molecule has 4 nitrogen and oxygen atoms in total. The summed E-state index contributed by atoms with van der Waals surface area (Å²) in [7, 11) is 0. The first-order valence-corrected chi connectivity index (χ1v) is 3.34. The molecule has 0 aliphatic rings. The van der Waals surface area contributed by atoms with Crippen molar-refractivity contribution in [1.29, 1.82) is 0 Å². The van der Waals surface area contributed by atoms with Crippen LogP contribution in [-0.2, 0) is 0 Å². The maximum atomic E-state index is 5.50. The third kappa shape index (κ3) is 0.832. The molecular weight excluding hydrogens is 140 g/mol. The molecule has 0 atom stereocenters. The summed E-state index contributed by atoms with van der Waals surface area (Å²) in [6, 6.07) is 1.72. The zero-order chi connectivity index (χ0) is 7.84. The molecule has 0 radical (unpaired) electrons. The normalized spacial score (nSPS) is 10.6. The highest BCUT2D eigenvalue weighted by molar-refractivity contribution is 5.49. The zero-order valence-corrected chi connectivity index (χ0v) is 6.15. The molecule has 0 bridgehead atoms. The van der Waals surface area contributed by atoms with Crippen molar-refractivity contribution in [2.24, 2.45) is 0 Å². The van der Waals surface area contributed by atoms with Gasteiger partial charge in [-0.15, -0.1) is 0 Å². The molecule has 0 aliphatic carbocycles. The Bertz CT molecular complexity index is 390. The zero-order valence-electron chi connectivity index (χ0n) is 6.15. The number of hydrogen-bond donors (Lipinski definition) is 1. The van der Waals surface area contributed by atoms with E-state index in [1.54, 1.807) is 23.0 Å². The predicted octanol–water partition coefficient (Wildman–Crippen LogP) is 0.620. The Hall–Kier alpha value is -1.58. The Morgan fingerprint density at radius 1 is 1.55 bits per heavy atom. The summed E-state index contributed by atoms with van der Waals surface area (Å²) >= 11 is 0. The SMILES string of the molecule is Cc1cnn2ccc(N)nc12. The Balaban J connectivity index is 2.87. The van der Waals surface area contributed by atoms with Crippen molar-refractivity contribution in [3.63, 3.8) is 0 Å². The van der Waals surface area contributed by atoms with E-state index in [0.717, 1.165) is 11.2 Å². The minimum Gasteiger partial charge on any atom is -0.384 e. The second-order valence-corrected chi connectivity index (χ2v) is 2.45. The molecule has 11 heavy (non-hydrogen) atoms. The largest absolute Gasteiger partial charge is 0.384 e. The second-order valence-electron chi connectivity index (χ2n) is 2.45. The van der Waals surface area contributed by atoms with Crippen LogP contribution >= 0.6 is 0 Å². The van der Waals surface area contributed by atoms with Crippen LogP contribution in [0.2, 0.25) is 0 Å². The molecule has 56 valence electrons. The Morgan fingerprint density at radius 2 is 2.36 bits per heavy atom. The van der Waals surface area contributed by atoms with Crippen LogP contribution in [0.25, 0.3) is 5.65 Å². The molecule has 2 N–H and O–H groups in total. The van der Waals surface area contributed by atoms with E-state index in [2.05, 4.69) is 10.1 Å². The molecule has 0 saturated carbocycles. The Labute approximate surface area is 63.7 Å². The van der Waals surface area contributed by atoms with Gasteiger partial charge in [-0.1, -0.05) is 0 Å². The molecule has 4 heteroatoms. The highest BCUT2D eigenvalue weighted by Gasteiger charge is 1.99. The molecule has 0 fully saturated rings. The first-order valence-electron chi connectivity index (χ1n) is 3.34. The van der Waals surface area contributed by atoms with Crippen LogP contribution in [0.15, 0.2) is 18.5 Å². The average Bonchev–Trinajstić information content (AvgIpc) is 2.33. The van der Waals surface area contributed by atoms with Crippen molar-refractivity contribution in [3.05, 3.63) is 24.0 Å². The third-order valence-electron chi connectivity index (χ3n) is 1.57. The minimum absolute atomic E-state index is 0.529. The first kappa shape index (κ1) is 6.15. The summed E-state index contributed by atoms with van der Waals surface area (Å²) in [5.74, 6) is 0.529. The number of fused-ring (bicyclic) bond motifs is 1. The molecule has 2 aromatic rings. The summed E-state index contributed by atoms with van der Waals surface area (Å²) in [5.41, 5.74) is 7.36. The third-order valence-corrected chi connectivity index (χ3v) is 1.57. The molecular formula is C7H8N4. The summed E-state index contributed by atoms with van der Waals surface area (Å²) in [5, 5.41) is 4.06. The van der Waals surface area contributed by atoms with E-state index >= 15 is 0 Å². The van der Waals surface area contributed by atoms with E-state index in [9.17, 15) is 0 Å². The van der Waals surface area contributed by atoms with E-state index in [0.29, 0.717) is 5.82 Å². The van der Waals surface area contributed by atoms with Gasteiger partial charge in [0.25, 0.3) is 0 Å². The van der Waals surface area contributed by atoms with Crippen molar-refractivity contribution in [1.82, 2.24) is 14.6 Å². The van der Waals surface area contributed by atoms with Crippen molar-refractivity contribution < 1.29 is 0 Å². The van der Waals surface area contributed by atoms with Gasteiger partial charge in [0.15, 0.2) is 5.65 Å².